The van der Waals surface area contributed by atoms with Crippen LogP contribution in [0.15, 0.2) is 212 Å². The molecule has 322 valence electrons. The van der Waals surface area contributed by atoms with Gasteiger partial charge in [-0.15, -0.1) is 0 Å². The minimum atomic E-state index is -0.614. The van der Waals surface area contributed by atoms with Gasteiger partial charge in [-0.2, -0.15) is 0 Å². The van der Waals surface area contributed by atoms with E-state index < -0.39 is 11.6 Å². The molecule has 0 spiro atoms. The van der Waals surface area contributed by atoms with Gasteiger partial charge in [-0.1, -0.05) is 150 Å². The topological polar surface area (TPSA) is 4.93 Å². The second kappa shape index (κ2) is 17.0. The summed E-state index contributed by atoms with van der Waals surface area (Å²) in [5.74, 6) is -1.23. The maximum absolute atomic E-state index is 14.9. The summed E-state index contributed by atoms with van der Waals surface area (Å²) in [6, 6.07) is 73.8. The summed E-state index contributed by atoms with van der Waals surface area (Å²) in [5, 5.41) is 2.14. The van der Waals surface area contributed by atoms with Gasteiger partial charge in [0.05, 0.1) is 16.7 Å². The largest absolute Gasteiger partial charge is 0.309 e. The third-order valence-electron chi connectivity index (χ3n) is 13.2. The van der Waals surface area contributed by atoms with E-state index in [1.54, 1.807) is 0 Å². The summed E-state index contributed by atoms with van der Waals surface area (Å²) in [6.45, 7) is 8.47. The Balaban J connectivity index is 1.16. The van der Waals surface area contributed by atoms with Crippen molar-refractivity contribution in [3.8, 4) is 83.6 Å². The summed E-state index contributed by atoms with van der Waals surface area (Å²) >= 11 is 0. The highest BCUT2D eigenvalue weighted by Crippen LogP contribution is 2.42. The van der Waals surface area contributed by atoms with Gasteiger partial charge < -0.3 is 4.57 Å². The molecule has 0 saturated carbocycles. The van der Waals surface area contributed by atoms with Gasteiger partial charge in [0.25, 0.3) is 0 Å². The van der Waals surface area contributed by atoms with Gasteiger partial charge in [0.15, 0.2) is 0 Å². The Labute approximate surface area is 390 Å². The highest BCUT2D eigenvalue weighted by atomic mass is 19.1. The standard InChI is InChI=1S/C64H47F2N/c1-40-9-17-44(18-10-40)50-29-51(45-19-11-41(2)12-20-45)32-54(31-50)48-25-27-63-60(37-48)61-38-49(26-28-64(61)67(63)62-8-6-5-7-59(62)56-35-57(65)39-58(66)36-56)55-33-52(46-21-13-42(3)14-22-46)30-53(34-55)47-23-15-43(4)16-24-47/h5-39H,1-4H3. The molecule has 1 heterocycles. The molecule has 0 aliphatic heterocycles. The number of benzene rings is 10. The molecule has 0 radical (unpaired) electrons. The third-order valence-corrected chi connectivity index (χ3v) is 13.2. The van der Waals surface area contributed by atoms with Crippen LogP contribution in [-0.4, -0.2) is 4.57 Å². The zero-order chi connectivity index (χ0) is 45.8. The van der Waals surface area contributed by atoms with Crippen LogP contribution in [0, 0.1) is 39.3 Å². The minimum Gasteiger partial charge on any atom is -0.309 e. The molecule has 11 aromatic rings. The molecule has 0 N–H and O–H groups in total. The zero-order valence-corrected chi connectivity index (χ0v) is 37.9. The van der Waals surface area contributed by atoms with Crippen LogP contribution in [0.4, 0.5) is 8.78 Å². The number of halogens is 2. The van der Waals surface area contributed by atoms with Crippen LogP contribution >= 0.6 is 0 Å². The average molecular weight is 868 g/mol. The van der Waals surface area contributed by atoms with Gasteiger partial charge in [-0.25, -0.2) is 8.78 Å². The molecular weight excluding hydrogens is 821 g/mol. The summed E-state index contributed by atoms with van der Waals surface area (Å²) in [7, 11) is 0. The summed E-state index contributed by atoms with van der Waals surface area (Å²) in [5.41, 5.74) is 22.5. The predicted molar refractivity (Wildman–Crippen MR) is 278 cm³/mol. The van der Waals surface area contributed by atoms with Crippen LogP contribution in [0.1, 0.15) is 22.3 Å². The second-order valence-electron chi connectivity index (χ2n) is 18.0. The van der Waals surface area contributed by atoms with Crippen LogP contribution in [0.25, 0.3) is 105 Å². The fourth-order valence-electron chi connectivity index (χ4n) is 9.50. The van der Waals surface area contributed by atoms with Crippen LogP contribution < -0.4 is 0 Å². The highest BCUT2D eigenvalue weighted by molar-refractivity contribution is 6.12. The van der Waals surface area contributed by atoms with Gasteiger partial charge >= 0.3 is 0 Å². The molecule has 0 amide bonds. The lowest BCUT2D eigenvalue weighted by molar-refractivity contribution is 0.584. The third kappa shape index (κ3) is 8.15. The van der Waals surface area contributed by atoms with Gasteiger partial charge in [0.1, 0.15) is 11.6 Å². The van der Waals surface area contributed by atoms with Crippen molar-refractivity contribution in [2.24, 2.45) is 0 Å². The van der Waals surface area contributed by atoms with E-state index in [0.29, 0.717) is 5.56 Å². The molecule has 67 heavy (non-hydrogen) atoms. The first-order valence-corrected chi connectivity index (χ1v) is 22.8. The molecular formula is C64H47F2N. The first kappa shape index (κ1) is 41.6. The van der Waals surface area contributed by atoms with E-state index in [-0.39, 0.29) is 0 Å². The summed E-state index contributed by atoms with van der Waals surface area (Å²) in [6.07, 6.45) is 0. The molecule has 0 bridgehead atoms. The van der Waals surface area contributed by atoms with E-state index in [1.807, 2.05) is 24.3 Å². The fraction of sp³-hybridized carbons (Fsp3) is 0.0625. The number of aryl methyl sites for hydroxylation is 4. The van der Waals surface area contributed by atoms with Crippen LogP contribution in [0.5, 0.6) is 0 Å². The smallest absolute Gasteiger partial charge is 0.126 e. The predicted octanol–water partition coefficient (Wildman–Crippen LogP) is 18.0. The van der Waals surface area contributed by atoms with Crippen molar-refractivity contribution >= 4 is 21.8 Å². The van der Waals surface area contributed by atoms with Crippen LogP contribution in [0.2, 0.25) is 0 Å². The number of aromatic nitrogens is 1. The Kier molecular flexibility index (Phi) is 10.6. The van der Waals surface area contributed by atoms with Crippen LogP contribution in [-0.2, 0) is 0 Å². The van der Waals surface area contributed by atoms with Gasteiger partial charge in [-0.3, -0.25) is 0 Å². The number of para-hydroxylation sites is 1. The van der Waals surface area contributed by atoms with E-state index in [2.05, 4.69) is 202 Å². The van der Waals surface area contributed by atoms with Crippen molar-refractivity contribution in [1.82, 2.24) is 4.57 Å². The van der Waals surface area contributed by atoms with E-state index in [0.717, 1.165) is 106 Å². The van der Waals surface area contributed by atoms with E-state index in [4.69, 9.17) is 0 Å². The minimum absolute atomic E-state index is 0.476. The lowest BCUT2D eigenvalue weighted by Gasteiger charge is -2.15. The summed E-state index contributed by atoms with van der Waals surface area (Å²) in [4.78, 5) is 0. The first-order valence-electron chi connectivity index (χ1n) is 22.8. The number of fused-ring (bicyclic) bond motifs is 3. The maximum atomic E-state index is 14.9. The number of rotatable bonds is 8. The lowest BCUT2D eigenvalue weighted by atomic mass is 9.91. The number of hydrogen-bond donors (Lipinski definition) is 0. The Morgan fingerprint density at radius 2 is 0.582 bits per heavy atom. The van der Waals surface area contributed by atoms with Crippen molar-refractivity contribution in [2.75, 3.05) is 0 Å². The Morgan fingerprint density at radius 1 is 0.269 bits per heavy atom. The molecule has 3 heteroatoms. The first-order chi connectivity index (χ1) is 32.6. The second-order valence-corrected chi connectivity index (χ2v) is 18.0. The van der Waals surface area contributed by atoms with E-state index in [1.165, 1.54) is 34.4 Å². The number of nitrogens with zero attached hydrogens (tertiary/aromatic N) is 1. The highest BCUT2D eigenvalue weighted by Gasteiger charge is 2.19. The molecule has 0 unspecified atom stereocenters. The quantitative estimate of drug-likeness (QED) is 0.143. The van der Waals surface area contributed by atoms with Gasteiger partial charge in [-0.05, 0) is 179 Å². The lowest BCUT2D eigenvalue weighted by Crippen LogP contribution is -1.98. The molecule has 0 saturated heterocycles. The molecule has 1 nitrogen and oxygen atoms in total. The van der Waals surface area contributed by atoms with Crippen molar-refractivity contribution in [3.63, 3.8) is 0 Å². The molecule has 0 aliphatic rings. The monoisotopic (exact) mass is 867 g/mol. The zero-order valence-electron chi connectivity index (χ0n) is 37.9. The van der Waals surface area contributed by atoms with E-state index in [9.17, 15) is 8.78 Å². The Hall–Kier alpha value is -8.14. The van der Waals surface area contributed by atoms with Crippen molar-refractivity contribution < 1.29 is 8.78 Å². The molecule has 0 aliphatic carbocycles. The van der Waals surface area contributed by atoms with Crippen molar-refractivity contribution in [2.45, 2.75) is 27.7 Å². The van der Waals surface area contributed by atoms with E-state index >= 15 is 0 Å². The SMILES string of the molecule is Cc1ccc(-c2cc(-c3ccc(C)cc3)cc(-c3ccc4c(c3)c3cc(-c5cc(-c6ccc(C)cc6)cc(-c6ccc(C)cc6)c5)ccc3n4-c3ccccc3-c3cc(F)cc(F)c3)c2)cc1. The maximum Gasteiger partial charge on any atom is 0.126 e. The Morgan fingerprint density at radius 3 is 0.940 bits per heavy atom. The van der Waals surface area contributed by atoms with Crippen LogP contribution in [0.3, 0.4) is 0 Å². The molecule has 11 rings (SSSR count). The normalized spacial score (nSPS) is 11.4. The molecule has 0 atom stereocenters. The van der Waals surface area contributed by atoms with Crippen molar-refractivity contribution in [3.05, 3.63) is 246 Å². The molecule has 1 aromatic heterocycles. The van der Waals surface area contributed by atoms with Crippen molar-refractivity contribution in [1.29, 1.82) is 0 Å². The van der Waals surface area contributed by atoms with Gasteiger partial charge in [0.2, 0.25) is 0 Å². The molecule has 10 aromatic carbocycles. The number of hydrogen-bond acceptors (Lipinski definition) is 0. The molecule has 0 fully saturated rings. The summed E-state index contributed by atoms with van der Waals surface area (Å²) < 4.78 is 32.0. The van der Waals surface area contributed by atoms with Gasteiger partial charge in [0, 0.05) is 22.4 Å². The average Bonchev–Trinajstić information content (AvgIpc) is 3.67. The Bertz CT molecular complexity index is 3310. The fourth-order valence-corrected chi connectivity index (χ4v) is 9.50.